The van der Waals surface area contributed by atoms with E-state index in [2.05, 4.69) is 24.1 Å². The molecule has 1 amide bonds. The second kappa shape index (κ2) is 7.74. The average Bonchev–Trinajstić information content (AvgIpc) is 2.39. The van der Waals surface area contributed by atoms with Crippen LogP contribution < -0.4 is 11.1 Å². The summed E-state index contributed by atoms with van der Waals surface area (Å²) >= 11 is 0. The number of nitrogens with two attached hydrogens (primary N) is 1. The number of piperidine rings is 1. The van der Waals surface area contributed by atoms with Crippen molar-refractivity contribution in [3.05, 3.63) is 0 Å². The standard InChI is InChI=1S/C14H29N3O/c1-4-11(2)13(15)14(18)16-8-10-17-9-6-5-7-12(17)3/h11-13H,4-10,15H2,1-3H3,(H,16,18). The first-order valence-electron chi connectivity index (χ1n) is 7.33. The highest BCUT2D eigenvalue weighted by molar-refractivity contribution is 5.81. The van der Waals surface area contributed by atoms with Crippen molar-refractivity contribution in [1.29, 1.82) is 0 Å². The van der Waals surface area contributed by atoms with Gasteiger partial charge >= 0.3 is 0 Å². The van der Waals surface area contributed by atoms with E-state index in [0.717, 1.165) is 19.5 Å². The summed E-state index contributed by atoms with van der Waals surface area (Å²) in [6, 6.07) is 0.285. The van der Waals surface area contributed by atoms with Crippen molar-refractivity contribution >= 4 is 5.91 Å². The van der Waals surface area contributed by atoms with Crippen LogP contribution in [0.25, 0.3) is 0 Å². The van der Waals surface area contributed by atoms with Crippen LogP contribution in [0, 0.1) is 5.92 Å². The van der Waals surface area contributed by atoms with Crippen LogP contribution in [0.5, 0.6) is 0 Å². The number of carbonyl (C=O) groups is 1. The third-order valence-electron chi connectivity index (χ3n) is 4.20. The molecule has 4 heteroatoms. The van der Waals surface area contributed by atoms with Gasteiger partial charge in [-0.1, -0.05) is 26.7 Å². The zero-order valence-electron chi connectivity index (χ0n) is 12.1. The topological polar surface area (TPSA) is 58.4 Å². The molecule has 3 unspecified atom stereocenters. The molecular weight excluding hydrogens is 226 g/mol. The molecule has 3 N–H and O–H groups in total. The molecule has 1 aliphatic heterocycles. The number of hydrogen-bond donors (Lipinski definition) is 2. The minimum absolute atomic E-state index is 0.00554. The van der Waals surface area contributed by atoms with Crippen LogP contribution in [0.2, 0.25) is 0 Å². The van der Waals surface area contributed by atoms with Crippen LogP contribution in [0.4, 0.5) is 0 Å². The highest BCUT2D eigenvalue weighted by atomic mass is 16.2. The molecule has 3 atom stereocenters. The summed E-state index contributed by atoms with van der Waals surface area (Å²) in [4.78, 5) is 14.3. The molecule has 1 rings (SSSR count). The molecule has 0 spiro atoms. The van der Waals surface area contributed by atoms with Crippen LogP contribution in [-0.4, -0.2) is 42.5 Å². The van der Waals surface area contributed by atoms with Gasteiger partial charge < -0.3 is 11.1 Å². The summed E-state index contributed by atoms with van der Waals surface area (Å²) in [6.07, 6.45) is 4.84. The average molecular weight is 255 g/mol. The number of hydrogen-bond acceptors (Lipinski definition) is 3. The van der Waals surface area contributed by atoms with Gasteiger partial charge in [0.25, 0.3) is 0 Å². The molecule has 0 aromatic carbocycles. The predicted molar refractivity (Wildman–Crippen MR) is 75.3 cm³/mol. The Bertz CT molecular complexity index is 257. The Morgan fingerprint density at radius 3 is 2.83 bits per heavy atom. The van der Waals surface area contributed by atoms with Crippen molar-refractivity contribution in [2.45, 2.75) is 58.5 Å². The number of likely N-dealkylation sites (tertiary alicyclic amines) is 1. The first kappa shape index (κ1) is 15.4. The van der Waals surface area contributed by atoms with Gasteiger partial charge in [-0.3, -0.25) is 9.69 Å². The monoisotopic (exact) mass is 255 g/mol. The molecule has 4 nitrogen and oxygen atoms in total. The van der Waals surface area contributed by atoms with Gasteiger partial charge in [0.1, 0.15) is 0 Å². The lowest BCUT2D eigenvalue weighted by Crippen LogP contribution is -2.48. The maximum Gasteiger partial charge on any atom is 0.237 e. The Morgan fingerprint density at radius 1 is 1.50 bits per heavy atom. The molecule has 1 fully saturated rings. The largest absolute Gasteiger partial charge is 0.353 e. The molecule has 0 aromatic heterocycles. The van der Waals surface area contributed by atoms with Gasteiger partial charge in [-0.05, 0) is 32.2 Å². The van der Waals surface area contributed by atoms with Crippen LogP contribution in [0.1, 0.15) is 46.5 Å². The molecule has 0 saturated carbocycles. The summed E-state index contributed by atoms with van der Waals surface area (Å²) in [6.45, 7) is 9.18. The number of nitrogens with zero attached hydrogens (tertiary/aromatic N) is 1. The quantitative estimate of drug-likeness (QED) is 0.753. The number of amides is 1. The summed E-state index contributed by atoms with van der Waals surface area (Å²) in [5.41, 5.74) is 5.89. The normalized spacial score (nSPS) is 24.6. The van der Waals surface area contributed by atoms with Gasteiger partial charge in [0, 0.05) is 19.1 Å². The molecule has 0 radical (unpaired) electrons. The van der Waals surface area contributed by atoms with E-state index in [1.165, 1.54) is 19.3 Å². The number of rotatable bonds is 6. The van der Waals surface area contributed by atoms with E-state index < -0.39 is 0 Å². The lowest BCUT2D eigenvalue weighted by molar-refractivity contribution is -0.123. The van der Waals surface area contributed by atoms with Crippen LogP contribution in [-0.2, 0) is 4.79 Å². The fourth-order valence-electron chi connectivity index (χ4n) is 2.44. The maximum atomic E-state index is 11.8. The third-order valence-corrected chi connectivity index (χ3v) is 4.20. The SMILES string of the molecule is CCC(C)C(N)C(=O)NCCN1CCCCC1C. The molecule has 0 bridgehead atoms. The second-order valence-corrected chi connectivity index (χ2v) is 5.58. The lowest BCUT2D eigenvalue weighted by Gasteiger charge is -2.33. The lowest BCUT2D eigenvalue weighted by atomic mass is 9.99. The van der Waals surface area contributed by atoms with E-state index in [1.54, 1.807) is 0 Å². The fraction of sp³-hybridized carbons (Fsp3) is 0.929. The van der Waals surface area contributed by atoms with Gasteiger partial charge in [0.15, 0.2) is 0 Å². The fourth-order valence-corrected chi connectivity index (χ4v) is 2.44. The van der Waals surface area contributed by atoms with E-state index in [9.17, 15) is 4.79 Å². The van der Waals surface area contributed by atoms with Gasteiger partial charge in [-0.25, -0.2) is 0 Å². The Morgan fingerprint density at radius 2 is 2.22 bits per heavy atom. The third kappa shape index (κ3) is 4.58. The van der Waals surface area contributed by atoms with E-state index >= 15 is 0 Å². The van der Waals surface area contributed by atoms with E-state index in [1.807, 2.05) is 6.92 Å². The van der Waals surface area contributed by atoms with Gasteiger partial charge in [-0.2, -0.15) is 0 Å². The van der Waals surface area contributed by atoms with Gasteiger partial charge in [-0.15, -0.1) is 0 Å². The van der Waals surface area contributed by atoms with E-state index in [0.29, 0.717) is 12.6 Å². The Balaban J connectivity index is 2.22. The molecule has 0 aromatic rings. The Hall–Kier alpha value is -0.610. The Kier molecular flexibility index (Phi) is 6.65. The van der Waals surface area contributed by atoms with Crippen LogP contribution in [0.15, 0.2) is 0 Å². The van der Waals surface area contributed by atoms with Crippen LogP contribution >= 0.6 is 0 Å². The maximum absolute atomic E-state index is 11.8. The van der Waals surface area contributed by atoms with Gasteiger partial charge in [0.05, 0.1) is 6.04 Å². The molecule has 0 aliphatic carbocycles. The Labute approximate surface area is 111 Å². The molecule has 18 heavy (non-hydrogen) atoms. The van der Waals surface area contributed by atoms with E-state index in [4.69, 9.17) is 5.73 Å². The van der Waals surface area contributed by atoms with Crippen molar-refractivity contribution in [3.8, 4) is 0 Å². The van der Waals surface area contributed by atoms with Crippen molar-refractivity contribution in [1.82, 2.24) is 10.2 Å². The number of carbonyl (C=O) groups excluding carboxylic acids is 1. The zero-order valence-corrected chi connectivity index (χ0v) is 12.1. The molecule has 1 saturated heterocycles. The summed E-state index contributed by atoms with van der Waals surface area (Å²) in [5.74, 6) is 0.243. The van der Waals surface area contributed by atoms with Crippen LogP contribution in [0.3, 0.4) is 0 Å². The first-order valence-corrected chi connectivity index (χ1v) is 7.33. The van der Waals surface area contributed by atoms with Gasteiger partial charge in [0.2, 0.25) is 5.91 Å². The summed E-state index contributed by atoms with van der Waals surface area (Å²) in [5, 5.41) is 2.96. The predicted octanol–water partition coefficient (Wildman–Crippen LogP) is 1.35. The molecule has 1 aliphatic rings. The van der Waals surface area contributed by atoms with E-state index in [-0.39, 0.29) is 17.9 Å². The summed E-state index contributed by atoms with van der Waals surface area (Å²) in [7, 11) is 0. The minimum atomic E-state index is -0.367. The zero-order chi connectivity index (χ0) is 13.5. The molecule has 1 heterocycles. The highest BCUT2D eigenvalue weighted by Crippen LogP contribution is 2.15. The van der Waals surface area contributed by atoms with Crippen molar-refractivity contribution in [3.63, 3.8) is 0 Å². The molecule has 106 valence electrons. The highest BCUT2D eigenvalue weighted by Gasteiger charge is 2.20. The minimum Gasteiger partial charge on any atom is -0.353 e. The summed E-state index contributed by atoms with van der Waals surface area (Å²) < 4.78 is 0. The smallest absolute Gasteiger partial charge is 0.237 e. The first-order chi connectivity index (χ1) is 8.56. The van der Waals surface area contributed by atoms with Crippen molar-refractivity contribution in [2.75, 3.05) is 19.6 Å². The van der Waals surface area contributed by atoms with Crippen molar-refractivity contribution in [2.24, 2.45) is 11.7 Å². The second-order valence-electron chi connectivity index (χ2n) is 5.58. The number of nitrogens with one attached hydrogen (secondary N) is 1. The van der Waals surface area contributed by atoms with Crippen molar-refractivity contribution < 1.29 is 4.79 Å². The molecular formula is C14H29N3O.